The summed E-state index contributed by atoms with van der Waals surface area (Å²) in [7, 11) is 0. The van der Waals surface area contributed by atoms with Crippen LogP contribution in [0.15, 0.2) is 18.5 Å². The van der Waals surface area contributed by atoms with Crippen LogP contribution >= 0.6 is 0 Å². The van der Waals surface area contributed by atoms with E-state index >= 15 is 0 Å². The standard InChI is InChI=1S/C17H31N3O/c1-6-10-18-17(14(4)5)15-9-11-19(12-15)13-16(21)20(7-2)8-3/h9,11-12,14,17-18H,6-8,10,13H2,1-5H3. The fraction of sp³-hybridized carbons (Fsp3) is 0.706. The van der Waals surface area contributed by atoms with E-state index in [4.69, 9.17) is 0 Å². The van der Waals surface area contributed by atoms with E-state index in [0.29, 0.717) is 18.5 Å². The minimum atomic E-state index is 0.185. The zero-order valence-corrected chi connectivity index (χ0v) is 14.2. The molecule has 1 unspecified atom stereocenters. The molecule has 1 aromatic rings. The third-order valence-corrected chi connectivity index (χ3v) is 3.85. The van der Waals surface area contributed by atoms with Crippen LogP contribution in [0, 0.1) is 5.92 Å². The van der Waals surface area contributed by atoms with E-state index in [9.17, 15) is 4.79 Å². The fourth-order valence-corrected chi connectivity index (χ4v) is 2.61. The summed E-state index contributed by atoms with van der Waals surface area (Å²) >= 11 is 0. The molecule has 21 heavy (non-hydrogen) atoms. The molecule has 120 valence electrons. The Morgan fingerprint density at radius 2 is 1.95 bits per heavy atom. The van der Waals surface area contributed by atoms with E-state index in [-0.39, 0.29) is 5.91 Å². The van der Waals surface area contributed by atoms with Crippen molar-refractivity contribution in [3.63, 3.8) is 0 Å². The number of rotatable bonds is 9. The Bertz CT molecular complexity index is 421. The molecule has 1 atom stereocenters. The van der Waals surface area contributed by atoms with Gasteiger partial charge in [-0.25, -0.2) is 0 Å². The minimum Gasteiger partial charge on any atom is -0.345 e. The molecular weight excluding hydrogens is 262 g/mol. The Balaban J connectivity index is 2.72. The summed E-state index contributed by atoms with van der Waals surface area (Å²) in [6.45, 7) is 13.7. The van der Waals surface area contributed by atoms with Crippen LogP contribution in [0.5, 0.6) is 0 Å². The molecule has 0 aliphatic carbocycles. The molecule has 0 saturated carbocycles. The predicted octanol–water partition coefficient (Wildman–Crippen LogP) is 3.05. The van der Waals surface area contributed by atoms with Gasteiger partial charge in [-0.05, 0) is 44.4 Å². The first-order valence-corrected chi connectivity index (χ1v) is 8.20. The number of hydrogen-bond acceptors (Lipinski definition) is 2. The Hall–Kier alpha value is -1.29. The number of likely N-dealkylation sites (N-methyl/N-ethyl adjacent to an activating group) is 1. The van der Waals surface area contributed by atoms with Crippen LogP contribution in [0.1, 0.15) is 52.6 Å². The normalized spacial score (nSPS) is 12.7. The molecule has 4 nitrogen and oxygen atoms in total. The van der Waals surface area contributed by atoms with Gasteiger partial charge < -0.3 is 14.8 Å². The maximum absolute atomic E-state index is 12.1. The molecule has 1 heterocycles. The van der Waals surface area contributed by atoms with E-state index in [1.807, 2.05) is 29.5 Å². The molecule has 1 aromatic heterocycles. The van der Waals surface area contributed by atoms with Gasteiger partial charge in [0.25, 0.3) is 0 Å². The molecule has 0 aliphatic rings. The monoisotopic (exact) mass is 293 g/mol. The summed E-state index contributed by atoms with van der Waals surface area (Å²) in [6.07, 6.45) is 5.25. The molecule has 0 bridgehead atoms. The largest absolute Gasteiger partial charge is 0.345 e. The second kappa shape index (κ2) is 8.88. The first-order chi connectivity index (χ1) is 10.0. The van der Waals surface area contributed by atoms with Gasteiger partial charge in [-0.15, -0.1) is 0 Å². The van der Waals surface area contributed by atoms with Crippen molar-refractivity contribution in [3.05, 3.63) is 24.0 Å². The number of hydrogen-bond donors (Lipinski definition) is 1. The van der Waals surface area contributed by atoms with Crippen LogP contribution in [-0.2, 0) is 11.3 Å². The molecule has 0 spiro atoms. The Labute approximate surface area is 129 Å². The highest BCUT2D eigenvalue weighted by molar-refractivity contribution is 5.75. The lowest BCUT2D eigenvalue weighted by Crippen LogP contribution is -2.33. The molecule has 0 fully saturated rings. The fourth-order valence-electron chi connectivity index (χ4n) is 2.61. The lowest BCUT2D eigenvalue weighted by Gasteiger charge is -2.21. The van der Waals surface area contributed by atoms with Crippen molar-refractivity contribution in [1.82, 2.24) is 14.8 Å². The molecule has 0 radical (unpaired) electrons. The van der Waals surface area contributed by atoms with Gasteiger partial charge >= 0.3 is 0 Å². The number of carbonyl (C=O) groups excluding carboxylic acids is 1. The van der Waals surface area contributed by atoms with Gasteiger partial charge in [0.2, 0.25) is 5.91 Å². The van der Waals surface area contributed by atoms with Crippen LogP contribution < -0.4 is 5.32 Å². The Kier molecular flexibility index (Phi) is 7.51. The van der Waals surface area contributed by atoms with Crippen molar-refractivity contribution in [2.75, 3.05) is 19.6 Å². The number of amides is 1. The summed E-state index contributed by atoms with van der Waals surface area (Å²) in [5.74, 6) is 0.718. The van der Waals surface area contributed by atoms with Gasteiger partial charge in [-0.1, -0.05) is 20.8 Å². The highest BCUT2D eigenvalue weighted by Gasteiger charge is 2.17. The summed E-state index contributed by atoms with van der Waals surface area (Å²) in [6, 6.07) is 2.48. The Morgan fingerprint density at radius 1 is 1.29 bits per heavy atom. The molecule has 1 amide bonds. The summed E-state index contributed by atoms with van der Waals surface area (Å²) in [4.78, 5) is 14.0. The second-order valence-corrected chi connectivity index (χ2v) is 5.86. The van der Waals surface area contributed by atoms with Gasteiger partial charge in [0.05, 0.1) is 0 Å². The van der Waals surface area contributed by atoms with Crippen molar-refractivity contribution >= 4 is 5.91 Å². The molecule has 4 heteroatoms. The maximum atomic E-state index is 12.1. The third-order valence-electron chi connectivity index (χ3n) is 3.85. The third kappa shape index (κ3) is 5.20. The predicted molar refractivity (Wildman–Crippen MR) is 88.2 cm³/mol. The van der Waals surface area contributed by atoms with E-state index in [1.165, 1.54) is 5.56 Å². The highest BCUT2D eigenvalue weighted by atomic mass is 16.2. The van der Waals surface area contributed by atoms with Crippen molar-refractivity contribution in [2.45, 2.75) is 53.6 Å². The summed E-state index contributed by atoms with van der Waals surface area (Å²) < 4.78 is 2.00. The average molecular weight is 293 g/mol. The summed E-state index contributed by atoms with van der Waals surface area (Å²) in [5.41, 5.74) is 1.27. The number of nitrogens with one attached hydrogen (secondary N) is 1. The van der Waals surface area contributed by atoms with Gasteiger partial charge in [0, 0.05) is 31.5 Å². The van der Waals surface area contributed by atoms with Gasteiger partial charge in [0.1, 0.15) is 6.54 Å². The van der Waals surface area contributed by atoms with E-state index in [1.54, 1.807) is 0 Å². The van der Waals surface area contributed by atoms with Crippen LogP contribution in [0.4, 0.5) is 0 Å². The first kappa shape index (κ1) is 17.8. The van der Waals surface area contributed by atoms with Crippen molar-refractivity contribution < 1.29 is 4.79 Å². The van der Waals surface area contributed by atoms with Crippen LogP contribution in [0.25, 0.3) is 0 Å². The molecule has 1 rings (SSSR count). The number of aromatic nitrogens is 1. The van der Waals surface area contributed by atoms with Gasteiger partial charge in [-0.3, -0.25) is 4.79 Å². The minimum absolute atomic E-state index is 0.185. The van der Waals surface area contributed by atoms with Crippen molar-refractivity contribution in [1.29, 1.82) is 0 Å². The number of carbonyl (C=O) groups is 1. The van der Waals surface area contributed by atoms with Crippen molar-refractivity contribution in [2.24, 2.45) is 5.92 Å². The smallest absolute Gasteiger partial charge is 0.242 e. The zero-order chi connectivity index (χ0) is 15.8. The van der Waals surface area contributed by atoms with E-state index in [0.717, 1.165) is 26.1 Å². The maximum Gasteiger partial charge on any atom is 0.242 e. The second-order valence-electron chi connectivity index (χ2n) is 5.86. The van der Waals surface area contributed by atoms with E-state index < -0.39 is 0 Å². The highest BCUT2D eigenvalue weighted by Crippen LogP contribution is 2.22. The van der Waals surface area contributed by atoms with Gasteiger partial charge in [0.15, 0.2) is 0 Å². The molecule has 1 N–H and O–H groups in total. The topological polar surface area (TPSA) is 37.3 Å². The van der Waals surface area contributed by atoms with E-state index in [2.05, 4.69) is 38.4 Å². The summed E-state index contributed by atoms with van der Waals surface area (Å²) in [5, 5.41) is 3.59. The molecular formula is C17H31N3O. The lowest BCUT2D eigenvalue weighted by atomic mass is 9.98. The van der Waals surface area contributed by atoms with Crippen LogP contribution in [0.3, 0.4) is 0 Å². The van der Waals surface area contributed by atoms with Crippen LogP contribution in [-0.4, -0.2) is 35.0 Å². The number of nitrogens with zero attached hydrogens (tertiary/aromatic N) is 2. The van der Waals surface area contributed by atoms with Gasteiger partial charge in [-0.2, -0.15) is 0 Å². The first-order valence-electron chi connectivity index (χ1n) is 8.20. The zero-order valence-electron chi connectivity index (χ0n) is 14.2. The Morgan fingerprint density at radius 3 is 2.48 bits per heavy atom. The van der Waals surface area contributed by atoms with Crippen LogP contribution in [0.2, 0.25) is 0 Å². The molecule has 0 saturated heterocycles. The average Bonchev–Trinajstić information content (AvgIpc) is 2.88. The lowest BCUT2D eigenvalue weighted by molar-refractivity contribution is -0.131. The quantitative estimate of drug-likeness (QED) is 0.760. The molecule has 0 aliphatic heterocycles. The molecule has 0 aromatic carbocycles. The SMILES string of the molecule is CCCNC(c1ccn(CC(=O)N(CC)CC)c1)C(C)C. The van der Waals surface area contributed by atoms with Crippen molar-refractivity contribution in [3.8, 4) is 0 Å².